The first-order valence-corrected chi connectivity index (χ1v) is 11.3. The van der Waals surface area contributed by atoms with Gasteiger partial charge in [0.1, 0.15) is 0 Å². The molecule has 0 spiro atoms. The Hall–Kier alpha value is -3.95. The zero-order valence-electron chi connectivity index (χ0n) is 18.2. The molecule has 3 heteroatoms. The summed E-state index contributed by atoms with van der Waals surface area (Å²) in [5.74, 6) is 0.000114. The van der Waals surface area contributed by atoms with Gasteiger partial charge in [-0.3, -0.25) is 4.79 Å². The molecule has 6 aromatic rings. The van der Waals surface area contributed by atoms with Crippen molar-refractivity contribution >= 4 is 55.1 Å². The van der Waals surface area contributed by atoms with E-state index >= 15 is 0 Å². The normalized spacial score (nSPS) is 12.2. The quantitative estimate of drug-likeness (QED) is 0.179. The number of aromatic nitrogens is 1. The Morgan fingerprint density at radius 3 is 2.33 bits per heavy atom. The third kappa shape index (κ3) is 3.21. The van der Waals surface area contributed by atoms with Gasteiger partial charge < -0.3 is 9.67 Å². The summed E-state index contributed by atoms with van der Waals surface area (Å²) >= 11 is 0. The molecule has 1 heterocycles. The summed E-state index contributed by atoms with van der Waals surface area (Å²) in [6.45, 7) is 0.901. The third-order valence-corrected chi connectivity index (χ3v) is 6.58. The van der Waals surface area contributed by atoms with Crippen LogP contribution in [0.1, 0.15) is 22.3 Å². The van der Waals surface area contributed by atoms with Crippen molar-refractivity contribution in [3.05, 3.63) is 102 Å². The Balaban J connectivity index is 1.44. The molecule has 33 heavy (non-hydrogen) atoms. The number of aliphatic hydroxyl groups excluding tert-OH is 1. The van der Waals surface area contributed by atoms with Crippen LogP contribution in [0.4, 0.5) is 0 Å². The number of aliphatic hydroxyl groups is 1. The smallest absolute Gasteiger partial charge is 0.186 e. The topological polar surface area (TPSA) is 42.2 Å². The molecule has 1 aromatic heterocycles. The highest BCUT2D eigenvalue weighted by molar-refractivity contribution is 6.27. The van der Waals surface area contributed by atoms with E-state index in [9.17, 15) is 9.90 Å². The van der Waals surface area contributed by atoms with Crippen LogP contribution in [0.3, 0.4) is 0 Å². The third-order valence-electron chi connectivity index (χ3n) is 6.58. The second kappa shape index (κ2) is 7.88. The van der Waals surface area contributed by atoms with Crippen molar-refractivity contribution in [2.24, 2.45) is 0 Å². The van der Waals surface area contributed by atoms with Gasteiger partial charge in [0.05, 0.1) is 0 Å². The lowest BCUT2D eigenvalue weighted by atomic mass is 9.91. The maximum absolute atomic E-state index is 13.4. The van der Waals surface area contributed by atoms with Crippen LogP contribution in [-0.4, -0.2) is 22.1 Å². The maximum Gasteiger partial charge on any atom is 0.186 e. The number of carbonyl (C=O) groups is 1. The summed E-state index contributed by atoms with van der Waals surface area (Å²) in [7, 11) is 0. The fraction of sp³-hybridized carbons (Fsp3) is 0.100. The Kier molecular flexibility index (Phi) is 4.70. The van der Waals surface area contributed by atoms with Gasteiger partial charge in [-0.2, -0.15) is 0 Å². The van der Waals surface area contributed by atoms with Gasteiger partial charge in [-0.25, -0.2) is 0 Å². The molecule has 0 aliphatic rings. The number of benzene rings is 5. The van der Waals surface area contributed by atoms with Gasteiger partial charge in [0.15, 0.2) is 5.78 Å². The Labute approximate surface area is 191 Å². The molecule has 0 radical (unpaired) electrons. The Morgan fingerprint density at radius 2 is 1.52 bits per heavy atom. The first-order valence-electron chi connectivity index (χ1n) is 11.3. The number of hydrogen-bond donors (Lipinski definition) is 1. The Morgan fingerprint density at radius 1 is 0.788 bits per heavy atom. The molecule has 0 amide bonds. The minimum Gasteiger partial charge on any atom is -0.396 e. The highest BCUT2D eigenvalue weighted by atomic mass is 16.3. The molecule has 1 N–H and O–H groups in total. The van der Waals surface area contributed by atoms with Gasteiger partial charge >= 0.3 is 0 Å². The average molecular weight is 430 g/mol. The van der Waals surface area contributed by atoms with Gasteiger partial charge in [0.25, 0.3) is 0 Å². The second-order valence-corrected chi connectivity index (χ2v) is 8.54. The van der Waals surface area contributed by atoms with Gasteiger partial charge in [-0.1, -0.05) is 66.7 Å². The second-order valence-electron chi connectivity index (χ2n) is 8.54. The standard InChI is InChI=1S/C30H23NO2/c32-18-4-17-31-19-23(24-7-1-2-8-27(24)31)13-16-28(33)25-14-11-22-10-9-20-5-3-6-21-12-15-26(25)30(22)29(20)21/h1-3,5-16,19,32H,4,17-18H2/b16-13+. The van der Waals surface area contributed by atoms with E-state index in [1.807, 2.05) is 24.3 Å². The van der Waals surface area contributed by atoms with Crippen molar-refractivity contribution in [2.75, 3.05) is 6.61 Å². The van der Waals surface area contributed by atoms with Crippen molar-refractivity contribution in [1.29, 1.82) is 0 Å². The number of rotatable bonds is 6. The first-order chi connectivity index (χ1) is 16.2. The van der Waals surface area contributed by atoms with Crippen molar-refractivity contribution < 1.29 is 9.90 Å². The van der Waals surface area contributed by atoms with Crippen LogP contribution in [0.2, 0.25) is 0 Å². The lowest BCUT2D eigenvalue weighted by Gasteiger charge is -2.12. The molecule has 3 nitrogen and oxygen atoms in total. The molecule has 160 valence electrons. The number of aryl methyl sites for hydroxylation is 1. The summed E-state index contributed by atoms with van der Waals surface area (Å²) in [5.41, 5.74) is 2.84. The monoisotopic (exact) mass is 429 g/mol. The number of carbonyl (C=O) groups excluding carboxylic acids is 1. The molecule has 0 atom stereocenters. The number of ketones is 1. The van der Waals surface area contributed by atoms with Gasteiger partial charge in [-0.15, -0.1) is 0 Å². The van der Waals surface area contributed by atoms with E-state index in [0.29, 0.717) is 6.42 Å². The summed E-state index contributed by atoms with van der Waals surface area (Å²) in [6.07, 6.45) is 6.36. The van der Waals surface area contributed by atoms with Gasteiger partial charge in [0, 0.05) is 41.4 Å². The summed E-state index contributed by atoms with van der Waals surface area (Å²) in [5, 5.41) is 17.3. The SMILES string of the molecule is O=C(/C=C/c1cn(CCCO)c2ccccc12)c1ccc2ccc3cccc4ccc1c2c34. The van der Waals surface area contributed by atoms with Crippen LogP contribution in [0, 0.1) is 0 Å². The largest absolute Gasteiger partial charge is 0.396 e. The van der Waals surface area contributed by atoms with Crippen LogP contribution >= 0.6 is 0 Å². The summed E-state index contributed by atoms with van der Waals surface area (Å²) in [4.78, 5) is 13.4. The van der Waals surface area contributed by atoms with E-state index in [1.165, 1.54) is 16.2 Å². The highest BCUT2D eigenvalue weighted by Crippen LogP contribution is 2.36. The molecule has 5 aromatic carbocycles. The number of fused-ring (bicyclic) bond motifs is 1. The minimum atomic E-state index is 0.000114. The molecule has 6 rings (SSSR count). The number of para-hydroxylation sites is 1. The summed E-state index contributed by atoms with van der Waals surface area (Å²) in [6, 6.07) is 27.0. The number of nitrogens with zero attached hydrogens (tertiary/aromatic N) is 1. The molecule has 0 aliphatic heterocycles. The fourth-order valence-corrected chi connectivity index (χ4v) is 5.04. The van der Waals surface area contributed by atoms with Crippen LogP contribution in [0.25, 0.3) is 49.3 Å². The van der Waals surface area contributed by atoms with E-state index in [2.05, 4.69) is 71.4 Å². The molecule has 0 saturated carbocycles. The molecule has 0 saturated heterocycles. The van der Waals surface area contributed by atoms with Gasteiger partial charge in [-0.05, 0) is 63.0 Å². The van der Waals surface area contributed by atoms with Gasteiger partial charge in [0.2, 0.25) is 0 Å². The highest BCUT2D eigenvalue weighted by Gasteiger charge is 2.14. The predicted octanol–water partition coefficient (Wildman–Crippen LogP) is 6.82. The van der Waals surface area contributed by atoms with Crippen molar-refractivity contribution in [2.45, 2.75) is 13.0 Å². The fourth-order valence-electron chi connectivity index (χ4n) is 5.04. The zero-order chi connectivity index (χ0) is 22.4. The molecular formula is C30H23NO2. The predicted molar refractivity (Wildman–Crippen MR) is 137 cm³/mol. The minimum absolute atomic E-state index is 0.000114. The van der Waals surface area contributed by atoms with Crippen molar-refractivity contribution in [1.82, 2.24) is 4.57 Å². The van der Waals surface area contributed by atoms with E-state index < -0.39 is 0 Å². The first kappa shape index (κ1) is 19.7. The van der Waals surface area contributed by atoms with Crippen molar-refractivity contribution in [3.63, 3.8) is 0 Å². The molecule has 0 bridgehead atoms. The van der Waals surface area contributed by atoms with E-state index in [0.717, 1.165) is 44.7 Å². The average Bonchev–Trinajstić information content (AvgIpc) is 3.22. The van der Waals surface area contributed by atoms with E-state index in [4.69, 9.17) is 0 Å². The van der Waals surface area contributed by atoms with E-state index in [1.54, 1.807) is 6.08 Å². The van der Waals surface area contributed by atoms with Crippen LogP contribution in [0.15, 0.2) is 91.1 Å². The molecule has 0 unspecified atom stereocenters. The van der Waals surface area contributed by atoms with Crippen molar-refractivity contribution in [3.8, 4) is 0 Å². The maximum atomic E-state index is 13.4. The van der Waals surface area contributed by atoms with Crippen LogP contribution < -0.4 is 0 Å². The lowest BCUT2D eigenvalue weighted by molar-refractivity contribution is 0.104. The molecular weight excluding hydrogens is 406 g/mol. The molecule has 0 fully saturated rings. The number of hydrogen-bond acceptors (Lipinski definition) is 2. The number of allylic oxidation sites excluding steroid dienone is 1. The zero-order valence-corrected chi connectivity index (χ0v) is 18.2. The van der Waals surface area contributed by atoms with E-state index in [-0.39, 0.29) is 12.4 Å². The lowest BCUT2D eigenvalue weighted by Crippen LogP contribution is -1.98. The summed E-state index contributed by atoms with van der Waals surface area (Å²) < 4.78 is 2.14. The van der Waals surface area contributed by atoms with Crippen LogP contribution in [0.5, 0.6) is 0 Å². The molecule has 0 aliphatic carbocycles. The van der Waals surface area contributed by atoms with Crippen LogP contribution in [-0.2, 0) is 6.54 Å². The Bertz CT molecular complexity index is 1660.